The van der Waals surface area contributed by atoms with Gasteiger partial charge in [0, 0.05) is 12.2 Å². The summed E-state index contributed by atoms with van der Waals surface area (Å²) in [7, 11) is 1.61. The Morgan fingerprint density at radius 1 is 1.20 bits per heavy atom. The minimum atomic E-state index is -0.102. The quantitative estimate of drug-likeness (QED) is 0.923. The topological polar surface area (TPSA) is 34.1 Å². The van der Waals surface area contributed by atoms with Crippen LogP contribution in [0.4, 0.5) is 10.1 Å². The summed E-state index contributed by atoms with van der Waals surface area (Å²) < 4.78 is 18.9. The van der Waals surface area contributed by atoms with Gasteiger partial charge in [0.2, 0.25) is 5.88 Å². The molecule has 0 spiro atoms. The zero-order valence-electron chi connectivity index (χ0n) is 11.3. The first-order chi connectivity index (χ1) is 9.78. The molecule has 20 heavy (non-hydrogen) atoms. The third-order valence-electron chi connectivity index (χ3n) is 3.81. The summed E-state index contributed by atoms with van der Waals surface area (Å²) in [4.78, 5) is 4.16. The van der Waals surface area contributed by atoms with E-state index in [0.717, 1.165) is 24.1 Å². The maximum Gasteiger partial charge on any atom is 0.237 e. The summed E-state index contributed by atoms with van der Waals surface area (Å²) in [5.41, 5.74) is 1.72. The van der Waals surface area contributed by atoms with E-state index >= 15 is 0 Å². The van der Waals surface area contributed by atoms with Crippen molar-refractivity contribution < 1.29 is 9.13 Å². The maximum atomic E-state index is 13.7. The summed E-state index contributed by atoms with van der Waals surface area (Å²) >= 11 is 0. The highest BCUT2D eigenvalue weighted by Gasteiger charge is 2.32. The predicted octanol–water partition coefficient (Wildman–Crippen LogP) is 3.59. The van der Waals surface area contributed by atoms with E-state index in [1.807, 2.05) is 24.3 Å². The molecule has 0 amide bonds. The molecule has 4 heteroatoms. The number of rotatable bonds is 4. The van der Waals surface area contributed by atoms with Gasteiger partial charge in [0.1, 0.15) is 5.82 Å². The highest BCUT2D eigenvalue weighted by Crippen LogP contribution is 2.40. The van der Waals surface area contributed by atoms with Crippen LogP contribution in [-0.4, -0.2) is 18.1 Å². The molecular formula is C16H17FN2O. The Bertz CT molecular complexity index is 597. The van der Waals surface area contributed by atoms with E-state index in [4.69, 9.17) is 4.74 Å². The molecule has 3 rings (SSSR count). The predicted molar refractivity (Wildman–Crippen MR) is 76.6 cm³/mol. The maximum absolute atomic E-state index is 13.7. The number of pyridine rings is 1. The van der Waals surface area contributed by atoms with E-state index in [1.165, 1.54) is 6.07 Å². The molecule has 0 saturated heterocycles. The molecular weight excluding hydrogens is 255 g/mol. The minimum Gasteiger partial charge on any atom is -0.480 e. The number of nitrogens with zero attached hydrogens (tertiary/aromatic N) is 1. The second kappa shape index (κ2) is 5.49. The number of aromatic nitrogens is 1. The van der Waals surface area contributed by atoms with E-state index in [1.54, 1.807) is 19.4 Å². The van der Waals surface area contributed by atoms with Crippen LogP contribution in [0, 0.1) is 5.82 Å². The van der Waals surface area contributed by atoms with Crippen LogP contribution in [0.2, 0.25) is 0 Å². The monoisotopic (exact) mass is 272 g/mol. The number of benzene rings is 1. The van der Waals surface area contributed by atoms with Gasteiger partial charge in [0.05, 0.1) is 12.8 Å². The molecule has 1 aliphatic carbocycles. The first kappa shape index (κ1) is 12.9. The summed E-state index contributed by atoms with van der Waals surface area (Å²) in [6, 6.07) is 11.2. The molecule has 0 bridgehead atoms. The Hall–Kier alpha value is -2.10. The number of methoxy groups -OCH3 is 1. The molecule has 1 N–H and O–H groups in total. The SMILES string of the molecule is COc1ncccc1NC1CC(c2ccccc2F)C1. The second-order valence-electron chi connectivity index (χ2n) is 5.09. The zero-order valence-corrected chi connectivity index (χ0v) is 11.3. The fourth-order valence-corrected chi connectivity index (χ4v) is 2.68. The van der Waals surface area contributed by atoms with Crippen LogP contribution in [-0.2, 0) is 0 Å². The van der Waals surface area contributed by atoms with E-state index < -0.39 is 0 Å². The van der Waals surface area contributed by atoms with Crippen molar-refractivity contribution in [3.8, 4) is 5.88 Å². The van der Waals surface area contributed by atoms with Crippen molar-refractivity contribution in [2.45, 2.75) is 24.8 Å². The Morgan fingerprint density at radius 3 is 2.75 bits per heavy atom. The van der Waals surface area contributed by atoms with Gasteiger partial charge < -0.3 is 10.1 Å². The van der Waals surface area contributed by atoms with Crippen molar-refractivity contribution in [2.24, 2.45) is 0 Å². The lowest BCUT2D eigenvalue weighted by Gasteiger charge is -2.37. The van der Waals surface area contributed by atoms with Crippen molar-refractivity contribution in [3.63, 3.8) is 0 Å². The van der Waals surface area contributed by atoms with Crippen LogP contribution in [0.3, 0.4) is 0 Å². The second-order valence-corrected chi connectivity index (χ2v) is 5.09. The smallest absolute Gasteiger partial charge is 0.237 e. The lowest BCUT2D eigenvalue weighted by atomic mass is 9.75. The van der Waals surface area contributed by atoms with E-state index in [-0.39, 0.29) is 5.82 Å². The van der Waals surface area contributed by atoms with Gasteiger partial charge in [-0.2, -0.15) is 0 Å². The Labute approximate surface area is 117 Å². The van der Waals surface area contributed by atoms with Gasteiger partial charge in [-0.05, 0) is 42.5 Å². The number of anilines is 1. The van der Waals surface area contributed by atoms with Crippen molar-refractivity contribution in [1.82, 2.24) is 4.98 Å². The number of halogens is 1. The van der Waals surface area contributed by atoms with Gasteiger partial charge in [-0.1, -0.05) is 18.2 Å². The van der Waals surface area contributed by atoms with Gasteiger partial charge in [-0.3, -0.25) is 0 Å². The molecule has 0 aliphatic heterocycles. The van der Waals surface area contributed by atoms with Crippen LogP contribution in [0.15, 0.2) is 42.6 Å². The first-order valence-electron chi connectivity index (χ1n) is 6.78. The van der Waals surface area contributed by atoms with Gasteiger partial charge in [0.15, 0.2) is 0 Å². The minimum absolute atomic E-state index is 0.102. The first-order valence-corrected chi connectivity index (χ1v) is 6.78. The molecule has 3 nitrogen and oxygen atoms in total. The van der Waals surface area contributed by atoms with E-state index in [9.17, 15) is 4.39 Å². The molecule has 0 atom stereocenters. The average Bonchev–Trinajstić information content (AvgIpc) is 2.44. The van der Waals surface area contributed by atoms with Gasteiger partial charge in [-0.15, -0.1) is 0 Å². The lowest BCUT2D eigenvalue weighted by molar-refractivity contribution is 0.358. The molecule has 1 aromatic heterocycles. The molecule has 1 fully saturated rings. The van der Waals surface area contributed by atoms with Crippen LogP contribution >= 0.6 is 0 Å². The third kappa shape index (κ3) is 2.46. The summed E-state index contributed by atoms with van der Waals surface area (Å²) in [6.45, 7) is 0. The fraction of sp³-hybridized carbons (Fsp3) is 0.312. The average molecular weight is 272 g/mol. The zero-order chi connectivity index (χ0) is 13.9. The highest BCUT2D eigenvalue weighted by molar-refractivity contribution is 5.53. The third-order valence-corrected chi connectivity index (χ3v) is 3.81. The molecule has 1 saturated carbocycles. The number of hydrogen-bond acceptors (Lipinski definition) is 3. The fourth-order valence-electron chi connectivity index (χ4n) is 2.68. The Morgan fingerprint density at radius 2 is 2.00 bits per heavy atom. The Kier molecular flexibility index (Phi) is 3.54. The number of nitrogens with one attached hydrogen (secondary N) is 1. The summed E-state index contributed by atoms with van der Waals surface area (Å²) in [6.07, 6.45) is 3.56. The van der Waals surface area contributed by atoms with Crippen LogP contribution in [0.1, 0.15) is 24.3 Å². The van der Waals surface area contributed by atoms with E-state index in [2.05, 4.69) is 10.3 Å². The van der Waals surface area contributed by atoms with Crippen LogP contribution < -0.4 is 10.1 Å². The molecule has 0 unspecified atom stereocenters. The van der Waals surface area contributed by atoms with Gasteiger partial charge in [-0.25, -0.2) is 9.37 Å². The van der Waals surface area contributed by atoms with Gasteiger partial charge >= 0.3 is 0 Å². The number of ether oxygens (including phenoxy) is 1. The molecule has 1 heterocycles. The molecule has 104 valence electrons. The van der Waals surface area contributed by atoms with E-state index in [0.29, 0.717) is 17.8 Å². The van der Waals surface area contributed by atoms with Gasteiger partial charge in [0.25, 0.3) is 0 Å². The number of hydrogen-bond donors (Lipinski definition) is 1. The molecule has 0 radical (unpaired) electrons. The summed E-state index contributed by atoms with van der Waals surface area (Å²) in [5, 5.41) is 3.41. The van der Waals surface area contributed by atoms with Crippen molar-refractivity contribution in [2.75, 3.05) is 12.4 Å². The Balaban J connectivity index is 1.63. The van der Waals surface area contributed by atoms with Crippen molar-refractivity contribution in [1.29, 1.82) is 0 Å². The largest absolute Gasteiger partial charge is 0.480 e. The van der Waals surface area contributed by atoms with Crippen LogP contribution in [0.25, 0.3) is 0 Å². The molecule has 2 aromatic rings. The standard InChI is InChI=1S/C16H17FN2O/c1-20-16-15(7-4-8-18-16)19-12-9-11(10-12)13-5-2-3-6-14(13)17/h2-8,11-12,19H,9-10H2,1H3. The molecule has 1 aliphatic rings. The van der Waals surface area contributed by atoms with Crippen molar-refractivity contribution >= 4 is 5.69 Å². The van der Waals surface area contributed by atoms with Crippen molar-refractivity contribution in [3.05, 3.63) is 54.0 Å². The lowest BCUT2D eigenvalue weighted by Crippen LogP contribution is -2.34. The molecule has 1 aromatic carbocycles. The van der Waals surface area contributed by atoms with Crippen LogP contribution in [0.5, 0.6) is 5.88 Å². The highest BCUT2D eigenvalue weighted by atomic mass is 19.1. The normalized spacial score (nSPS) is 21.1. The summed E-state index contributed by atoms with van der Waals surface area (Å²) in [5.74, 6) is 0.799.